The van der Waals surface area contributed by atoms with Crippen LogP contribution < -0.4 is 0 Å². The summed E-state index contributed by atoms with van der Waals surface area (Å²) in [5, 5.41) is 0.974. The van der Waals surface area contributed by atoms with E-state index in [9.17, 15) is 0 Å². The van der Waals surface area contributed by atoms with E-state index >= 15 is 0 Å². The summed E-state index contributed by atoms with van der Waals surface area (Å²) >= 11 is 11.3. The SMILES string of the molecule is C#[N+]c1ccc(Cl)c(Cl)c1. The van der Waals surface area contributed by atoms with Crippen LogP contribution in [0, 0.1) is 6.57 Å². The molecule has 0 fully saturated rings. The Morgan fingerprint density at radius 2 is 1.90 bits per heavy atom. The van der Waals surface area contributed by atoms with E-state index in [1.54, 1.807) is 18.2 Å². The van der Waals surface area contributed by atoms with Gasteiger partial charge in [0.25, 0.3) is 6.57 Å². The van der Waals surface area contributed by atoms with Gasteiger partial charge < -0.3 is 0 Å². The third-order valence-electron chi connectivity index (χ3n) is 1.05. The maximum Gasteiger partial charge on any atom is 0.341 e. The summed E-state index contributed by atoms with van der Waals surface area (Å²) < 4.78 is 0. The molecule has 0 bridgehead atoms. The van der Waals surface area contributed by atoms with Crippen LogP contribution >= 0.6 is 23.2 Å². The second-order valence-electron chi connectivity index (χ2n) is 1.73. The van der Waals surface area contributed by atoms with Crippen molar-refractivity contribution in [2.45, 2.75) is 0 Å². The van der Waals surface area contributed by atoms with Gasteiger partial charge in [-0.2, -0.15) is 0 Å². The van der Waals surface area contributed by atoms with Crippen LogP contribution in [0.2, 0.25) is 10.0 Å². The first kappa shape index (κ1) is 7.40. The monoisotopic (exact) mass is 172 g/mol. The molecule has 1 aromatic carbocycles. The lowest BCUT2D eigenvalue weighted by Crippen LogP contribution is -1.65. The van der Waals surface area contributed by atoms with Gasteiger partial charge in [-0.15, -0.1) is 0 Å². The van der Waals surface area contributed by atoms with Gasteiger partial charge in [0.1, 0.15) is 0 Å². The summed E-state index contributed by atoms with van der Waals surface area (Å²) in [6.07, 6.45) is 0. The maximum absolute atomic E-state index is 5.65. The summed E-state index contributed by atoms with van der Waals surface area (Å²) in [4.78, 5) is 3.43. The van der Waals surface area contributed by atoms with Crippen molar-refractivity contribution in [1.82, 2.24) is 0 Å². The fourth-order valence-electron chi connectivity index (χ4n) is 0.565. The number of nitrogens with zero attached hydrogens (tertiary/aromatic N) is 1. The summed E-state index contributed by atoms with van der Waals surface area (Å²) in [7, 11) is 0. The van der Waals surface area contributed by atoms with Gasteiger partial charge in [-0.1, -0.05) is 23.2 Å². The summed E-state index contributed by atoms with van der Waals surface area (Å²) in [6, 6.07) is 4.94. The van der Waals surface area contributed by atoms with Crippen molar-refractivity contribution in [3.05, 3.63) is 33.1 Å². The quantitative estimate of drug-likeness (QED) is 0.564. The molecule has 1 aromatic rings. The topological polar surface area (TPSA) is 4.36 Å². The van der Waals surface area contributed by atoms with Gasteiger partial charge in [0, 0.05) is 12.1 Å². The third kappa shape index (κ3) is 1.41. The number of hydrogen-bond donors (Lipinski definition) is 0. The van der Waals surface area contributed by atoms with Crippen molar-refractivity contribution in [3.8, 4) is 6.57 Å². The van der Waals surface area contributed by atoms with Crippen LogP contribution in [0.5, 0.6) is 0 Å². The van der Waals surface area contributed by atoms with Crippen LogP contribution in [0.3, 0.4) is 0 Å². The minimum Gasteiger partial charge on any atom is -0.0827 e. The Morgan fingerprint density at radius 1 is 1.20 bits per heavy atom. The van der Waals surface area contributed by atoms with Crippen LogP contribution in [0.4, 0.5) is 5.69 Å². The normalized spacial score (nSPS) is 8.90. The highest BCUT2D eigenvalue weighted by molar-refractivity contribution is 6.42. The largest absolute Gasteiger partial charge is 0.341 e. The van der Waals surface area contributed by atoms with Crippen molar-refractivity contribution in [2.24, 2.45) is 0 Å². The van der Waals surface area contributed by atoms with Crippen molar-refractivity contribution in [2.75, 3.05) is 0 Å². The zero-order chi connectivity index (χ0) is 7.56. The molecule has 0 radical (unpaired) electrons. The summed E-state index contributed by atoms with van der Waals surface area (Å²) in [5.41, 5.74) is 0.620. The number of hydrogen-bond acceptors (Lipinski definition) is 0. The zero-order valence-electron chi connectivity index (χ0n) is 5.01. The minimum absolute atomic E-state index is 0.466. The Balaban J connectivity index is 3.20. The molecule has 0 heterocycles. The van der Waals surface area contributed by atoms with Crippen molar-refractivity contribution in [1.29, 1.82) is 0 Å². The van der Waals surface area contributed by atoms with Gasteiger partial charge in [-0.05, 0) is 10.9 Å². The standard InChI is InChI=1S/C7H4Cl2N/c1-10-5-2-3-6(8)7(9)4-5/h1-4H/q+1. The Hall–Kier alpha value is -0.710. The van der Waals surface area contributed by atoms with Gasteiger partial charge in [-0.3, -0.25) is 0 Å². The molecule has 0 atom stereocenters. The van der Waals surface area contributed by atoms with Crippen LogP contribution in [0.15, 0.2) is 18.2 Å². The predicted octanol–water partition coefficient (Wildman–Crippen LogP) is 3.59. The number of benzene rings is 1. The molecule has 3 heteroatoms. The molecule has 1 nitrogen and oxygen atoms in total. The van der Waals surface area contributed by atoms with Crippen LogP contribution in [0.1, 0.15) is 0 Å². The first-order valence-corrected chi connectivity index (χ1v) is 3.35. The van der Waals surface area contributed by atoms with Gasteiger partial charge in [-0.25, -0.2) is 0 Å². The molecule has 0 spiro atoms. The van der Waals surface area contributed by atoms with Gasteiger partial charge in [0.2, 0.25) is 0 Å². The molecular formula is C7H4Cl2N+. The van der Waals surface area contributed by atoms with Gasteiger partial charge in [0.15, 0.2) is 0 Å². The Labute approximate surface area is 69.0 Å². The Kier molecular flexibility index (Phi) is 2.16. The van der Waals surface area contributed by atoms with Crippen molar-refractivity contribution < 1.29 is 0 Å². The highest BCUT2D eigenvalue weighted by atomic mass is 35.5. The van der Waals surface area contributed by atoms with E-state index in [0.29, 0.717) is 15.7 Å². The fraction of sp³-hybridized carbons (Fsp3) is 0. The van der Waals surface area contributed by atoms with E-state index in [2.05, 4.69) is 4.85 Å². The lowest BCUT2D eigenvalue weighted by atomic mass is 10.3. The second-order valence-corrected chi connectivity index (χ2v) is 2.54. The van der Waals surface area contributed by atoms with E-state index in [-0.39, 0.29) is 0 Å². The Morgan fingerprint density at radius 3 is 2.40 bits per heavy atom. The zero-order valence-corrected chi connectivity index (χ0v) is 6.52. The number of halogens is 2. The lowest BCUT2D eigenvalue weighted by Gasteiger charge is -1.88. The average Bonchev–Trinajstić information content (AvgIpc) is 1.95. The first-order chi connectivity index (χ1) is 4.74. The summed E-state index contributed by atoms with van der Waals surface area (Å²) in [5.74, 6) is 0. The van der Waals surface area contributed by atoms with E-state index < -0.39 is 0 Å². The Bertz CT molecular complexity index is 288. The molecule has 10 heavy (non-hydrogen) atoms. The predicted molar refractivity (Wildman–Crippen MR) is 44.4 cm³/mol. The van der Waals surface area contributed by atoms with Crippen LogP contribution in [-0.2, 0) is 0 Å². The maximum atomic E-state index is 5.65. The highest BCUT2D eigenvalue weighted by Gasteiger charge is 2.03. The van der Waals surface area contributed by atoms with Gasteiger partial charge >= 0.3 is 5.69 Å². The average molecular weight is 173 g/mol. The fourth-order valence-corrected chi connectivity index (χ4v) is 0.858. The van der Waals surface area contributed by atoms with Crippen LogP contribution in [-0.4, -0.2) is 0 Å². The molecule has 1 rings (SSSR count). The minimum atomic E-state index is 0.466. The van der Waals surface area contributed by atoms with E-state index in [1.807, 2.05) is 0 Å². The van der Waals surface area contributed by atoms with E-state index in [0.717, 1.165) is 0 Å². The molecule has 0 saturated carbocycles. The molecule has 0 saturated heterocycles. The van der Waals surface area contributed by atoms with E-state index in [1.165, 1.54) is 0 Å². The molecule has 0 aromatic heterocycles. The van der Waals surface area contributed by atoms with Crippen molar-refractivity contribution in [3.63, 3.8) is 0 Å². The van der Waals surface area contributed by atoms with Gasteiger partial charge in [0.05, 0.1) is 10.0 Å². The molecule has 0 N–H and O–H groups in total. The number of rotatable bonds is 0. The highest BCUT2D eigenvalue weighted by Crippen LogP contribution is 2.26. The molecule has 0 amide bonds. The first-order valence-electron chi connectivity index (χ1n) is 2.60. The lowest BCUT2D eigenvalue weighted by molar-refractivity contribution is 1.72. The smallest absolute Gasteiger partial charge is 0.0827 e. The van der Waals surface area contributed by atoms with Crippen molar-refractivity contribution >= 4 is 28.9 Å². The molecular weight excluding hydrogens is 169 g/mol. The third-order valence-corrected chi connectivity index (χ3v) is 1.79. The summed E-state index contributed by atoms with van der Waals surface area (Å²) in [6.45, 7) is 4.99. The van der Waals surface area contributed by atoms with E-state index in [4.69, 9.17) is 29.8 Å². The molecule has 0 aliphatic heterocycles. The second kappa shape index (κ2) is 2.92. The molecule has 0 aliphatic rings. The molecule has 0 unspecified atom stereocenters. The molecule has 0 aliphatic carbocycles. The molecule has 50 valence electrons. The van der Waals surface area contributed by atoms with Crippen LogP contribution in [0.25, 0.3) is 4.85 Å².